The van der Waals surface area contributed by atoms with Gasteiger partial charge in [-0.1, -0.05) is 6.07 Å². The Hall–Kier alpha value is -3.55. The number of carbonyl (C=O) groups excluding carboxylic acids is 3. The molecule has 1 amide bonds. The molecule has 0 spiro atoms. The average molecular weight is 387 g/mol. The number of hydrogen-bond donors (Lipinski definition) is 1. The normalized spacial score (nSPS) is 11.1. The fourth-order valence-corrected chi connectivity index (χ4v) is 2.20. The van der Waals surface area contributed by atoms with Crippen LogP contribution in [-0.4, -0.2) is 44.8 Å². The van der Waals surface area contributed by atoms with Crippen molar-refractivity contribution in [3.8, 4) is 11.5 Å². The molecule has 0 aromatic heterocycles. The molecule has 0 bridgehead atoms. The molecule has 0 aliphatic rings. The molecule has 28 heavy (non-hydrogen) atoms. The molecular weight excluding hydrogens is 366 g/mol. The van der Waals surface area contributed by atoms with Crippen molar-refractivity contribution in [1.29, 1.82) is 0 Å². The topological polar surface area (TPSA) is 100 Å². The number of anilines is 1. The van der Waals surface area contributed by atoms with E-state index in [0.29, 0.717) is 22.7 Å². The van der Waals surface area contributed by atoms with E-state index in [2.05, 4.69) is 10.1 Å². The average Bonchev–Trinajstić information content (AvgIpc) is 2.72. The summed E-state index contributed by atoms with van der Waals surface area (Å²) in [6.07, 6.45) is -0.899. The van der Waals surface area contributed by atoms with Crippen molar-refractivity contribution in [2.45, 2.75) is 13.0 Å². The molecule has 2 aromatic carbocycles. The number of nitrogens with one attached hydrogen (secondary N) is 1. The predicted octanol–water partition coefficient (Wildman–Crippen LogP) is 2.43. The summed E-state index contributed by atoms with van der Waals surface area (Å²) in [5.41, 5.74) is 0.672. The second-order valence-corrected chi connectivity index (χ2v) is 5.66. The van der Waals surface area contributed by atoms with Gasteiger partial charge in [-0.3, -0.25) is 4.79 Å². The summed E-state index contributed by atoms with van der Waals surface area (Å²) in [5.74, 6) is -0.627. The van der Waals surface area contributed by atoms with E-state index in [9.17, 15) is 14.4 Å². The van der Waals surface area contributed by atoms with Crippen molar-refractivity contribution in [1.82, 2.24) is 0 Å². The summed E-state index contributed by atoms with van der Waals surface area (Å²) in [6, 6.07) is 12.9. The molecular formula is C20H21NO7. The van der Waals surface area contributed by atoms with Crippen LogP contribution >= 0.6 is 0 Å². The van der Waals surface area contributed by atoms with Gasteiger partial charge in [-0.15, -0.1) is 0 Å². The van der Waals surface area contributed by atoms with Crippen LogP contribution in [0.15, 0.2) is 48.5 Å². The van der Waals surface area contributed by atoms with Gasteiger partial charge in [-0.25, -0.2) is 9.59 Å². The van der Waals surface area contributed by atoms with E-state index in [-0.39, 0.29) is 0 Å². The quantitative estimate of drug-likeness (QED) is 0.694. The third-order valence-electron chi connectivity index (χ3n) is 3.62. The largest absolute Gasteiger partial charge is 0.497 e. The van der Waals surface area contributed by atoms with E-state index in [1.54, 1.807) is 49.6 Å². The third kappa shape index (κ3) is 6.01. The maximum Gasteiger partial charge on any atom is 0.347 e. The van der Waals surface area contributed by atoms with E-state index >= 15 is 0 Å². The highest BCUT2D eigenvalue weighted by atomic mass is 16.6. The van der Waals surface area contributed by atoms with E-state index in [1.165, 1.54) is 20.1 Å². The van der Waals surface area contributed by atoms with Gasteiger partial charge in [-0.05, 0) is 49.4 Å². The van der Waals surface area contributed by atoms with Gasteiger partial charge in [0.05, 0.1) is 19.8 Å². The van der Waals surface area contributed by atoms with Gasteiger partial charge in [0, 0.05) is 5.69 Å². The first-order valence-electron chi connectivity index (χ1n) is 8.38. The predicted molar refractivity (Wildman–Crippen MR) is 100 cm³/mol. The van der Waals surface area contributed by atoms with Crippen LogP contribution in [-0.2, 0) is 19.1 Å². The van der Waals surface area contributed by atoms with Crippen LogP contribution in [0.25, 0.3) is 0 Å². The highest BCUT2D eigenvalue weighted by molar-refractivity contribution is 5.95. The lowest BCUT2D eigenvalue weighted by molar-refractivity contribution is -0.153. The molecule has 8 heteroatoms. The summed E-state index contributed by atoms with van der Waals surface area (Å²) in [5, 5.41) is 2.54. The number of amides is 1. The highest BCUT2D eigenvalue weighted by Gasteiger charge is 2.18. The van der Waals surface area contributed by atoms with Gasteiger partial charge < -0.3 is 24.3 Å². The Morgan fingerprint density at radius 2 is 1.68 bits per heavy atom. The van der Waals surface area contributed by atoms with Gasteiger partial charge in [0.1, 0.15) is 11.5 Å². The Morgan fingerprint density at radius 1 is 1.00 bits per heavy atom. The lowest BCUT2D eigenvalue weighted by atomic mass is 10.2. The van der Waals surface area contributed by atoms with E-state index in [0.717, 1.165) is 0 Å². The van der Waals surface area contributed by atoms with Gasteiger partial charge in [0.2, 0.25) is 0 Å². The third-order valence-corrected chi connectivity index (χ3v) is 3.62. The molecule has 0 aliphatic carbocycles. The molecule has 2 aromatic rings. The number of benzene rings is 2. The lowest BCUT2D eigenvalue weighted by Gasteiger charge is -2.14. The van der Waals surface area contributed by atoms with Crippen LogP contribution in [0.4, 0.5) is 5.69 Å². The first-order chi connectivity index (χ1) is 13.4. The first kappa shape index (κ1) is 20.8. The van der Waals surface area contributed by atoms with Crippen molar-refractivity contribution in [2.24, 2.45) is 0 Å². The smallest absolute Gasteiger partial charge is 0.347 e. The summed E-state index contributed by atoms with van der Waals surface area (Å²) in [6.45, 7) is 1.03. The minimum atomic E-state index is -0.899. The molecule has 1 atom stereocenters. The summed E-state index contributed by atoms with van der Waals surface area (Å²) in [4.78, 5) is 35.5. The monoisotopic (exact) mass is 387 g/mol. The molecule has 148 valence electrons. The second kappa shape index (κ2) is 9.96. The summed E-state index contributed by atoms with van der Waals surface area (Å²) in [7, 11) is 2.81. The molecule has 0 aliphatic heterocycles. The SMILES string of the molecule is COC(=O)c1cccc(NC(=O)COC(=O)C(C)Oc2ccc(OC)cc2)c1. The number of hydrogen-bond acceptors (Lipinski definition) is 7. The fourth-order valence-electron chi connectivity index (χ4n) is 2.20. The Labute approximate surface area is 162 Å². The molecule has 2 rings (SSSR count). The highest BCUT2D eigenvalue weighted by Crippen LogP contribution is 2.18. The zero-order valence-corrected chi connectivity index (χ0v) is 15.8. The number of esters is 2. The van der Waals surface area contributed by atoms with Crippen LogP contribution in [0.3, 0.4) is 0 Å². The molecule has 0 radical (unpaired) electrons. The summed E-state index contributed by atoms with van der Waals surface area (Å²) >= 11 is 0. The van der Waals surface area contributed by atoms with Crippen molar-refractivity contribution < 1.29 is 33.3 Å². The second-order valence-electron chi connectivity index (χ2n) is 5.66. The number of ether oxygens (including phenoxy) is 4. The van der Waals surface area contributed by atoms with Gasteiger partial charge in [0.15, 0.2) is 12.7 Å². The van der Waals surface area contributed by atoms with E-state index in [4.69, 9.17) is 14.2 Å². The minimum absolute atomic E-state index is 0.291. The molecule has 0 heterocycles. The molecule has 0 saturated carbocycles. The van der Waals surface area contributed by atoms with Gasteiger partial charge in [-0.2, -0.15) is 0 Å². The van der Waals surface area contributed by atoms with Crippen molar-refractivity contribution in [3.05, 3.63) is 54.1 Å². The maximum absolute atomic E-state index is 12.0. The lowest BCUT2D eigenvalue weighted by Crippen LogP contribution is -2.29. The maximum atomic E-state index is 12.0. The van der Waals surface area contributed by atoms with Gasteiger partial charge in [0.25, 0.3) is 5.91 Å². The Kier molecular flexibility index (Phi) is 7.38. The molecule has 0 saturated heterocycles. The zero-order valence-electron chi connectivity index (χ0n) is 15.8. The van der Waals surface area contributed by atoms with E-state index in [1.807, 2.05) is 0 Å². The van der Waals surface area contributed by atoms with E-state index < -0.39 is 30.6 Å². The molecule has 0 fully saturated rings. The zero-order chi connectivity index (χ0) is 20.5. The van der Waals surface area contributed by atoms with Crippen molar-refractivity contribution in [2.75, 3.05) is 26.1 Å². The number of carbonyl (C=O) groups is 3. The Balaban J connectivity index is 1.82. The minimum Gasteiger partial charge on any atom is -0.497 e. The number of rotatable bonds is 8. The Bertz CT molecular complexity index is 833. The molecule has 1 N–H and O–H groups in total. The van der Waals surface area contributed by atoms with Gasteiger partial charge >= 0.3 is 11.9 Å². The number of methoxy groups -OCH3 is 2. The van der Waals surface area contributed by atoms with Crippen LogP contribution in [0, 0.1) is 0 Å². The standard InChI is InChI=1S/C20H21NO7/c1-13(28-17-9-7-16(25-2)8-10-17)19(23)27-12-18(22)21-15-6-4-5-14(11-15)20(24)26-3/h4-11,13H,12H2,1-3H3,(H,21,22). The van der Waals surface area contributed by atoms with Crippen LogP contribution in [0.5, 0.6) is 11.5 Å². The Morgan fingerprint density at radius 3 is 2.32 bits per heavy atom. The van der Waals surface area contributed by atoms with Crippen LogP contribution in [0.2, 0.25) is 0 Å². The first-order valence-corrected chi connectivity index (χ1v) is 8.38. The fraction of sp³-hybridized carbons (Fsp3) is 0.250. The molecule has 8 nitrogen and oxygen atoms in total. The van der Waals surface area contributed by atoms with Crippen molar-refractivity contribution >= 4 is 23.5 Å². The van der Waals surface area contributed by atoms with Crippen LogP contribution in [0.1, 0.15) is 17.3 Å². The molecule has 1 unspecified atom stereocenters. The van der Waals surface area contributed by atoms with Crippen molar-refractivity contribution in [3.63, 3.8) is 0 Å². The summed E-state index contributed by atoms with van der Waals surface area (Å²) < 4.78 is 20.1. The van der Waals surface area contributed by atoms with Crippen LogP contribution < -0.4 is 14.8 Å².